The first-order chi connectivity index (χ1) is 9.00. The molecule has 19 heavy (non-hydrogen) atoms. The molecule has 1 N–H and O–H groups in total. The number of carbonyl (C=O) groups excluding carboxylic acids is 2. The third-order valence-electron chi connectivity index (χ3n) is 3.26. The summed E-state index contributed by atoms with van der Waals surface area (Å²) < 4.78 is 9.63. The molecule has 1 fully saturated rings. The SMILES string of the molecule is COC(=O)c1cc(NC(=O)C2(C)CC2)cnc1OC. The zero-order valence-corrected chi connectivity index (χ0v) is 11.1. The summed E-state index contributed by atoms with van der Waals surface area (Å²) in [6.45, 7) is 1.90. The van der Waals surface area contributed by atoms with Crippen LogP contribution in [0.3, 0.4) is 0 Å². The number of hydrogen-bond acceptors (Lipinski definition) is 5. The van der Waals surface area contributed by atoms with Crippen LogP contribution in [-0.2, 0) is 9.53 Å². The molecule has 0 aromatic carbocycles. The molecule has 0 spiro atoms. The Kier molecular flexibility index (Phi) is 3.42. The van der Waals surface area contributed by atoms with Gasteiger partial charge in [-0.1, -0.05) is 6.92 Å². The number of rotatable bonds is 4. The first kappa shape index (κ1) is 13.3. The molecule has 0 saturated heterocycles. The smallest absolute Gasteiger partial charge is 0.343 e. The molecule has 1 aromatic rings. The number of methoxy groups -OCH3 is 2. The molecule has 1 saturated carbocycles. The predicted octanol–water partition coefficient (Wildman–Crippen LogP) is 1.62. The number of pyridine rings is 1. The largest absolute Gasteiger partial charge is 0.480 e. The van der Waals surface area contributed by atoms with E-state index in [2.05, 4.69) is 15.0 Å². The van der Waals surface area contributed by atoms with Gasteiger partial charge in [0.05, 0.1) is 26.1 Å². The minimum absolute atomic E-state index is 0.0599. The molecule has 1 aliphatic rings. The summed E-state index contributed by atoms with van der Waals surface area (Å²) in [5.41, 5.74) is 0.355. The maximum Gasteiger partial charge on any atom is 0.343 e. The average molecular weight is 264 g/mol. The van der Waals surface area contributed by atoms with Gasteiger partial charge in [-0.15, -0.1) is 0 Å². The first-order valence-corrected chi connectivity index (χ1v) is 5.94. The van der Waals surface area contributed by atoms with Crippen LogP contribution >= 0.6 is 0 Å². The fraction of sp³-hybridized carbons (Fsp3) is 0.462. The van der Waals surface area contributed by atoms with E-state index in [1.54, 1.807) is 0 Å². The molecule has 6 heteroatoms. The van der Waals surface area contributed by atoms with Crippen molar-refractivity contribution in [2.45, 2.75) is 19.8 Å². The highest BCUT2D eigenvalue weighted by Crippen LogP contribution is 2.45. The van der Waals surface area contributed by atoms with Crippen LogP contribution in [0.1, 0.15) is 30.1 Å². The topological polar surface area (TPSA) is 77.5 Å². The van der Waals surface area contributed by atoms with Gasteiger partial charge in [-0.2, -0.15) is 0 Å². The molecule has 0 aliphatic heterocycles. The number of anilines is 1. The summed E-state index contributed by atoms with van der Waals surface area (Å²) >= 11 is 0. The molecule has 0 radical (unpaired) electrons. The minimum Gasteiger partial charge on any atom is -0.480 e. The Bertz CT molecular complexity index is 523. The average Bonchev–Trinajstić information content (AvgIpc) is 3.17. The van der Waals surface area contributed by atoms with Crippen LogP contribution in [0.25, 0.3) is 0 Å². The van der Waals surface area contributed by atoms with E-state index in [1.807, 2.05) is 6.92 Å². The third kappa shape index (κ3) is 2.67. The molecule has 1 amide bonds. The summed E-state index contributed by atoms with van der Waals surface area (Å²) in [6, 6.07) is 1.50. The molecular weight excluding hydrogens is 248 g/mol. The fourth-order valence-corrected chi connectivity index (χ4v) is 1.64. The van der Waals surface area contributed by atoms with Gasteiger partial charge in [0.15, 0.2) is 0 Å². The van der Waals surface area contributed by atoms with Gasteiger partial charge in [0.2, 0.25) is 11.8 Å². The van der Waals surface area contributed by atoms with Crippen molar-refractivity contribution in [1.82, 2.24) is 4.98 Å². The first-order valence-electron chi connectivity index (χ1n) is 5.94. The molecular formula is C13H16N2O4. The van der Waals surface area contributed by atoms with Gasteiger partial charge in [-0.3, -0.25) is 4.79 Å². The maximum absolute atomic E-state index is 11.9. The van der Waals surface area contributed by atoms with Crippen LogP contribution < -0.4 is 10.1 Å². The minimum atomic E-state index is -0.557. The lowest BCUT2D eigenvalue weighted by molar-refractivity contribution is -0.120. The second-order valence-electron chi connectivity index (χ2n) is 4.79. The van der Waals surface area contributed by atoms with Gasteiger partial charge in [-0.25, -0.2) is 9.78 Å². The van der Waals surface area contributed by atoms with Crippen molar-refractivity contribution in [3.05, 3.63) is 17.8 Å². The van der Waals surface area contributed by atoms with Crippen LogP contribution in [0, 0.1) is 5.41 Å². The fourth-order valence-electron chi connectivity index (χ4n) is 1.64. The number of aromatic nitrogens is 1. The summed E-state index contributed by atoms with van der Waals surface area (Å²) in [4.78, 5) is 27.5. The van der Waals surface area contributed by atoms with Crippen molar-refractivity contribution in [3.63, 3.8) is 0 Å². The lowest BCUT2D eigenvalue weighted by Gasteiger charge is -2.11. The van der Waals surface area contributed by atoms with Crippen molar-refractivity contribution in [2.75, 3.05) is 19.5 Å². The molecule has 2 rings (SSSR count). The van der Waals surface area contributed by atoms with E-state index in [0.717, 1.165) is 12.8 Å². The molecule has 0 atom stereocenters. The lowest BCUT2D eigenvalue weighted by atomic mass is 10.1. The zero-order chi connectivity index (χ0) is 14.0. The van der Waals surface area contributed by atoms with Gasteiger partial charge < -0.3 is 14.8 Å². The number of carbonyl (C=O) groups is 2. The molecule has 0 unspecified atom stereocenters. The summed E-state index contributed by atoms with van der Waals surface area (Å²) in [5.74, 6) is -0.448. The maximum atomic E-state index is 11.9. The Labute approximate surface area is 111 Å². The molecule has 102 valence electrons. The van der Waals surface area contributed by atoms with Crippen molar-refractivity contribution >= 4 is 17.6 Å². The van der Waals surface area contributed by atoms with Gasteiger partial charge in [-0.05, 0) is 18.9 Å². The van der Waals surface area contributed by atoms with Crippen LogP contribution in [-0.4, -0.2) is 31.1 Å². The predicted molar refractivity (Wildman–Crippen MR) is 68.1 cm³/mol. The Hall–Kier alpha value is -2.11. The summed E-state index contributed by atoms with van der Waals surface area (Å²) in [7, 11) is 2.69. The van der Waals surface area contributed by atoms with Gasteiger partial charge in [0.1, 0.15) is 5.56 Å². The Balaban J connectivity index is 2.22. The Morgan fingerprint density at radius 3 is 2.58 bits per heavy atom. The van der Waals surface area contributed by atoms with Crippen LogP contribution in [0.4, 0.5) is 5.69 Å². The van der Waals surface area contributed by atoms with E-state index in [9.17, 15) is 9.59 Å². The van der Waals surface area contributed by atoms with Crippen molar-refractivity contribution in [3.8, 4) is 5.88 Å². The number of nitrogens with one attached hydrogen (secondary N) is 1. The summed E-state index contributed by atoms with van der Waals surface area (Å²) in [5, 5.41) is 2.75. The highest BCUT2D eigenvalue weighted by molar-refractivity contribution is 5.98. The van der Waals surface area contributed by atoms with E-state index in [-0.39, 0.29) is 22.8 Å². The molecule has 1 aliphatic carbocycles. The van der Waals surface area contributed by atoms with E-state index in [4.69, 9.17) is 4.74 Å². The second kappa shape index (κ2) is 4.87. The number of ether oxygens (including phenoxy) is 2. The Morgan fingerprint density at radius 2 is 2.05 bits per heavy atom. The standard InChI is InChI=1S/C13H16N2O4/c1-13(4-5-13)12(17)15-8-6-9(11(16)19-3)10(18-2)14-7-8/h6-7H,4-5H2,1-3H3,(H,15,17). The third-order valence-corrected chi connectivity index (χ3v) is 3.26. The van der Waals surface area contributed by atoms with Crippen molar-refractivity contribution in [1.29, 1.82) is 0 Å². The van der Waals surface area contributed by atoms with Crippen LogP contribution in [0.5, 0.6) is 5.88 Å². The quantitative estimate of drug-likeness (QED) is 0.836. The Morgan fingerprint density at radius 1 is 1.37 bits per heavy atom. The molecule has 1 aromatic heterocycles. The number of nitrogens with zero attached hydrogens (tertiary/aromatic N) is 1. The normalized spacial score (nSPS) is 15.5. The van der Waals surface area contributed by atoms with Crippen LogP contribution in [0.15, 0.2) is 12.3 Å². The second-order valence-corrected chi connectivity index (χ2v) is 4.79. The van der Waals surface area contributed by atoms with E-state index in [0.29, 0.717) is 5.69 Å². The highest BCUT2D eigenvalue weighted by atomic mass is 16.5. The van der Waals surface area contributed by atoms with E-state index < -0.39 is 5.97 Å². The van der Waals surface area contributed by atoms with E-state index in [1.165, 1.54) is 26.5 Å². The van der Waals surface area contributed by atoms with Crippen molar-refractivity contribution in [2.24, 2.45) is 5.41 Å². The van der Waals surface area contributed by atoms with Crippen LogP contribution in [0.2, 0.25) is 0 Å². The number of amides is 1. The molecule has 6 nitrogen and oxygen atoms in total. The summed E-state index contributed by atoms with van der Waals surface area (Å²) in [6.07, 6.45) is 3.22. The van der Waals surface area contributed by atoms with Gasteiger partial charge >= 0.3 is 5.97 Å². The number of esters is 1. The van der Waals surface area contributed by atoms with Gasteiger partial charge in [0, 0.05) is 5.41 Å². The lowest BCUT2D eigenvalue weighted by Crippen LogP contribution is -2.21. The van der Waals surface area contributed by atoms with Crippen molar-refractivity contribution < 1.29 is 19.1 Å². The van der Waals surface area contributed by atoms with E-state index >= 15 is 0 Å². The molecule has 0 bridgehead atoms. The zero-order valence-electron chi connectivity index (χ0n) is 11.1. The van der Waals surface area contributed by atoms with Gasteiger partial charge in [0.25, 0.3) is 0 Å². The number of hydrogen-bond donors (Lipinski definition) is 1. The highest BCUT2D eigenvalue weighted by Gasteiger charge is 2.44. The molecule has 1 heterocycles. The monoisotopic (exact) mass is 264 g/mol.